The van der Waals surface area contributed by atoms with Crippen LogP contribution in [-0.2, 0) is 5.41 Å². The topological polar surface area (TPSA) is 53.1 Å². The van der Waals surface area contributed by atoms with E-state index in [0.29, 0.717) is 0 Å². The molecule has 5 heteroatoms. The van der Waals surface area contributed by atoms with E-state index in [1.54, 1.807) is 0 Å². The van der Waals surface area contributed by atoms with Gasteiger partial charge in [0.2, 0.25) is 0 Å². The first kappa shape index (κ1) is 29.3. The molecule has 10 aromatic rings. The number of aromatic nitrogens is 3. The molecule has 0 amide bonds. The molecule has 1 aliphatic heterocycles. The number of pyridine rings is 2. The maximum atomic E-state index is 6.87. The summed E-state index contributed by atoms with van der Waals surface area (Å²) in [5.74, 6) is 2.51. The fraction of sp³-hybridized carbons (Fsp3) is 0.0204. The molecule has 2 aliphatic rings. The third-order valence-corrected chi connectivity index (χ3v) is 11.4. The lowest BCUT2D eigenvalue weighted by atomic mass is 9.62. The highest BCUT2D eigenvalue weighted by atomic mass is 16.5. The van der Waals surface area contributed by atoms with Gasteiger partial charge in [0.25, 0.3) is 0 Å². The predicted octanol–water partition coefficient (Wildman–Crippen LogP) is 12.1. The zero-order chi connectivity index (χ0) is 35.4. The minimum absolute atomic E-state index is 0.727. The highest BCUT2D eigenvalue weighted by Crippen LogP contribution is 2.59. The number of ether oxygens (including phenoxy) is 1. The van der Waals surface area contributed by atoms with E-state index in [2.05, 4.69) is 138 Å². The SMILES string of the molecule is C1=Cc2ccc(-c3cnc4c(c3)c3ccccc3n4-c3ccccn3)cc2C2(c3ccccc31)c1ccccc1Oc1cc3c(cc12)oc1ccccc13. The van der Waals surface area contributed by atoms with E-state index in [1.165, 1.54) is 11.1 Å². The van der Waals surface area contributed by atoms with Gasteiger partial charge in [-0.3, -0.25) is 4.57 Å². The molecule has 6 aromatic carbocycles. The molecule has 0 N–H and O–H groups in total. The van der Waals surface area contributed by atoms with Crippen molar-refractivity contribution in [3.05, 3.63) is 197 Å². The summed E-state index contributed by atoms with van der Waals surface area (Å²) in [5.41, 5.74) is 11.9. The maximum Gasteiger partial charge on any atom is 0.146 e. The number of hydrogen-bond acceptors (Lipinski definition) is 4. The first-order valence-corrected chi connectivity index (χ1v) is 18.2. The van der Waals surface area contributed by atoms with Crippen molar-refractivity contribution in [1.29, 1.82) is 0 Å². The Morgan fingerprint density at radius 2 is 1.26 bits per heavy atom. The third-order valence-electron chi connectivity index (χ3n) is 11.4. The van der Waals surface area contributed by atoms with E-state index in [-0.39, 0.29) is 0 Å². The molecule has 252 valence electrons. The second-order valence-electron chi connectivity index (χ2n) is 14.1. The van der Waals surface area contributed by atoms with Crippen LogP contribution in [-0.4, -0.2) is 14.5 Å². The highest BCUT2D eigenvalue weighted by Gasteiger charge is 2.48. The summed E-state index contributed by atoms with van der Waals surface area (Å²) in [6, 6.07) is 53.5. The van der Waals surface area contributed by atoms with Crippen LogP contribution in [0.25, 0.3) is 73.0 Å². The van der Waals surface area contributed by atoms with E-state index < -0.39 is 5.41 Å². The zero-order valence-corrected chi connectivity index (χ0v) is 28.9. The standard InChI is InChI=1S/C49H29N3O2/c1-4-14-38-30(11-1)20-21-31-22-23-32(33-25-37-34-12-2-6-16-42(34)52(48(37)51-29-33)47-19-9-10-24-50-47)26-40(31)49(38)39-15-5-8-18-44(39)54-46-27-36-35-13-3-7-17-43(35)53-45(36)28-41(46)49/h1-29H. The van der Waals surface area contributed by atoms with Crippen LogP contribution < -0.4 is 4.74 Å². The molecule has 1 aliphatic carbocycles. The summed E-state index contributed by atoms with van der Waals surface area (Å²) in [5, 5.41) is 4.33. The molecule has 1 spiro atoms. The van der Waals surface area contributed by atoms with Crippen LogP contribution in [0.15, 0.2) is 168 Å². The van der Waals surface area contributed by atoms with Crippen molar-refractivity contribution in [2.24, 2.45) is 0 Å². The van der Waals surface area contributed by atoms with Crippen molar-refractivity contribution >= 4 is 56.0 Å². The van der Waals surface area contributed by atoms with Gasteiger partial charge < -0.3 is 9.15 Å². The normalized spacial score (nSPS) is 15.6. The van der Waals surface area contributed by atoms with Gasteiger partial charge in [0.15, 0.2) is 0 Å². The maximum absolute atomic E-state index is 6.87. The number of benzene rings is 6. The summed E-state index contributed by atoms with van der Waals surface area (Å²) in [4.78, 5) is 9.84. The average Bonchev–Trinajstić information content (AvgIpc) is 3.72. The lowest BCUT2D eigenvalue weighted by molar-refractivity contribution is 0.435. The summed E-state index contributed by atoms with van der Waals surface area (Å²) in [6.07, 6.45) is 8.33. The van der Waals surface area contributed by atoms with Crippen LogP contribution in [0, 0.1) is 0 Å². The van der Waals surface area contributed by atoms with Gasteiger partial charge in [0.05, 0.1) is 10.9 Å². The minimum atomic E-state index is -0.727. The van der Waals surface area contributed by atoms with Gasteiger partial charge >= 0.3 is 0 Å². The van der Waals surface area contributed by atoms with Crippen molar-refractivity contribution < 1.29 is 9.15 Å². The monoisotopic (exact) mass is 691 g/mol. The van der Waals surface area contributed by atoms with Gasteiger partial charge in [0.1, 0.15) is 34.1 Å². The Labute approximate surface area is 310 Å². The molecule has 0 saturated heterocycles. The Morgan fingerprint density at radius 3 is 2.17 bits per heavy atom. The van der Waals surface area contributed by atoms with Crippen molar-refractivity contribution in [2.45, 2.75) is 5.41 Å². The first-order chi connectivity index (χ1) is 26.8. The molecule has 54 heavy (non-hydrogen) atoms. The van der Waals surface area contributed by atoms with E-state index in [4.69, 9.17) is 19.1 Å². The molecule has 1 unspecified atom stereocenters. The lowest BCUT2D eigenvalue weighted by Crippen LogP contribution is -2.35. The van der Waals surface area contributed by atoms with Crippen molar-refractivity contribution in [3.8, 4) is 28.4 Å². The zero-order valence-electron chi connectivity index (χ0n) is 28.9. The molecular formula is C49H29N3O2. The molecule has 0 radical (unpaired) electrons. The number of nitrogens with zero attached hydrogens (tertiary/aromatic N) is 3. The van der Waals surface area contributed by atoms with Crippen molar-refractivity contribution in [1.82, 2.24) is 14.5 Å². The molecule has 0 fully saturated rings. The fourth-order valence-electron chi connectivity index (χ4n) is 9.07. The fourth-order valence-corrected chi connectivity index (χ4v) is 9.07. The second-order valence-corrected chi connectivity index (χ2v) is 14.1. The smallest absolute Gasteiger partial charge is 0.146 e. The molecule has 5 heterocycles. The van der Waals surface area contributed by atoms with Crippen molar-refractivity contribution in [3.63, 3.8) is 0 Å². The van der Waals surface area contributed by atoms with Crippen LogP contribution in [0.4, 0.5) is 0 Å². The molecule has 5 nitrogen and oxygen atoms in total. The number of fused-ring (bicyclic) bond motifs is 14. The average molecular weight is 692 g/mol. The van der Waals surface area contributed by atoms with Crippen LogP contribution in [0.1, 0.15) is 33.4 Å². The Morgan fingerprint density at radius 1 is 0.481 bits per heavy atom. The van der Waals surface area contributed by atoms with Gasteiger partial charge in [-0.2, -0.15) is 0 Å². The summed E-state index contributed by atoms with van der Waals surface area (Å²) < 4.78 is 15.6. The Balaban J connectivity index is 1.16. The minimum Gasteiger partial charge on any atom is -0.457 e. The van der Waals surface area contributed by atoms with Gasteiger partial charge in [-0.25, -0.2) is 9.97 Å². The first-order valence-electron chi connectivity index (χ1n) is 18.2. The van der Waals surface area contributed by atoms with Crippen LogP contribution >= 0.6 is 0 Å². The quantitative estimate of drug-likeness (QED) is 0.181. The molecular weight excluding hydrogens is 663 g/mol. The Kier molecular flexibility index (Phi) is 5.92. The van der Waals surface area contributed by atoms with E-state index in [0.717, 1.165) is 94.6 Å². The summed E-state index contributed by atoms with van der Waals surface area (Å²) in [7, 11) is 0. The second kappa shape index (κ2) is 10.9. The largest absolute Gasteiger partial charge is 0.457 e. The number of para-hydroxylation sites is 3. The number of furan rings is 1. The van der Waals surface area contributed by atoms with Gasteiger partial charge in [0, 0.05) is 50.6 Å². The van der Waals surface area contributed by atoms with Crippen LogP contribution in [0.5, 0.6) is 11.5 Å². The Hall–Kier alpha value is -7.24. The van der Waals surface area contributed by atoms with E-state index in [9.17, 15) is 0 Å². The molecule has 12 rings (SSSR count). The van der Waals surface area contributed by atoms with Crippen LogP contribution in [0.2, 0.25) is 0 Å². The van der Waals surface area contributed by atoms with E-state index in [1.807, 2.05) is 42.7 Å². The molecule has 4 aromatic heterocycles. The molecule has 1 atom stereocenters. The van der Waals surface area contributed by atoms with Gasteiger partial charge in [-0.1, -0.05) is 109 Å². The summed E-state index contributed by atoms with van der Waals surface area (Å²) >= 11 is 0. The third kappa shape index (κ3) is 3.93. The van der Waals surface area contributed by atoms with Crippen LogP contribution in [0.3, 0.4) is 0 Å². The van der Waals surface area contributed by atoms with Gasteiger partial charge in [-0.05, 0) is 82.4 Å². The summed E-state index contributed by atoms with van der Waals surface area (Å²) in [6.45, 7) is 0. The van der Waals surface area contributed by atoms with E-state index >= 15 is 0 Å². The number of hydrogen-bond donors (Lipinski definition) is 0. The molecule has 0 saturated carbocycles. The predicted molar refractivity (Wildman–Crippen MR) is 216 cm³/mol. The lowest BCUT2D eigenvalue weighted by Gasteiger charge is -2.42. The Bertz CT molecular complexity index is 3210. The van der Waals surface area contributed by atoms with Gasteiger partial charge in [-0.15, -0.1) is 0 Å². The number of rotatable bonds is 2. The van der Waals surface area contributed by atoms with Crippen molar-refractivity contribution in [2.75, 3.05) is 0 Å². The molecule has 0 bridgehead atoms. The highest BCUT2D eigenvalue weighted by molar-refractivity contribution is 6.09.